The Morgan fingerprint density at radius 3 is 2.57 bits per heavy atom. The zero-order chi connectivity index (χ0) is 15.2. The van der Waals surface area contributed by atoms with Crippen molar-refractivity contribution in [1.82, 2.24) is 10.6 Å². The lowest BCUT2D eigenvalue weighted by atomic mass is 9.85. The molecule has 0 aromatic rings. The maximum atomic E-state index is 12.0. The maximum absolute atomic E-state index is 12.0. The van der Waals surface area contributed by atoms with Crippen LogP contribution in [0.15, 0.2) is 0 Å². The van der Waals surface area contributed by atoms with Crippen LogP contribution >= 0.6 is 12.4 Å². The third-order valence-corrected chi connectivity index (χ3v) is 5.89. The molecule has 0 bridgehead atoms. The molecule has 5 nitrogen and oxygen atoms in total. The van der Waals surface area contributed by atoms with Crippen molar-refractivity contribution in [3.05, 3.63) is 0 Å². The first-order valence-corrected chi connectivity index (χ1v) is 9.36. The quantitative estimate of drug-likeness (QED) is 0.734. The molecule has 1 aliphatic rings. The topological polar surface area (TPSA) is 75.3 Å². The van der Waals surface area contributed by atoms with E-state index in [-0.39, 0.29) is 35.9 Å². The van der Waals surface area contributed by atoms with Crippen molar-refractivity contribution in [1.29, 1.82) is 0 Å². The first-order chi connectivity index (χ1) is 9.34. The summed E-state index contributed by atoms with van der Waals surface area (Å²) < 4.78 is 23.0. The summed E-state index contributed by atoms with van der Waals surface area (Å²) in [6.45, 7) is 7.53. The van der Waals surface area contributed by atoms with E-state index in [9.17, 15) is 13.2 Å². The normalized spacial score (nSPS) is 22.0. The van der Waals surface area contributed by atoms with Gasteiger partial charge in [0.25, 0.3) is 0 Å². The highest BCUT2D eigenvalue weighted by molar-refractivity contribution is 7.91. The van der Waals surface area contributed by atoms with Crippen LogP contribution in [0.25, 0.3) is 0 Å². The van der Waals surface area contributed by atoms with Crippen LogP contribution in [-0.4, -0.2) is 45.0 Å². The molecule has 1 fully saturated rings. The molecule has 1 heterocycles. The van der Waals surface area contributed by atoms with Gasteiger partial charge < -0.3 is 10.6 Å². The van der Waals surface area contributed by atoms with Gasteiger partial charge in [0, 0.05) is 18.2 Å². The molecule has 1 saturated heterocycles. The third-order valence-electron chi connectivity index (χ3n) is 4.00. The second-order valence-electron chi connectivity index (χ2n) is 5.96. The Bertz CT molecular complexity index is 408. The predicted molar refractivity (Wildman–Crippen MR) is 88.6 cm³/mol. The number of rotatable bonds is 7. The Morgan fingerprint density at radius 1 is 1.38 bits per heavy atom. The summed E-state index contributed by atoms with van der Waals surface area (Å²) in [6.07, 6.45) is 2.81. The molecule has 0 saturated carbocycles. The van der Waals surface area contributed by atoms with Gasteiger partial charge in [0.2, 0.25) is 5.91 Å². The number of hydrogen-bond acceptors (Lipinski definition) is 4. The third kappa shape index (κ3) is 8.02. The molecule has 1 amide bonds. The lowest BCUT2D eigenvalue weighted by molar-refractivity contribution is -0.122. The fourth-order valence-corrected chi connectivity index (χ4v) is 3.78. The number of nitrogens with one attached hydrogen (secondary N) is 2. The number of carbonyl (C=O) groups is 1. The van der Waals surface area contributed by atoms with E-state index in [4.69, 9.17) is 0 Å². The van der Waals surface area contributed by atoms with Crippen molar-refractivity contribution in [2.75, 3.05) is 24.6 Å². The number of carbonyl (C=O) groups excluding carboxylic acids is 1. The zero-order valence-electron chi connectivity index (χ0n) is 13.2. The Labute approximate surface area is 135 Å². The minimum Gasteiger partial charge on any atom is -0.353 e. The van der Waals surface area contributed by atoms with Gasteiger partial charge in [-0.2, -0.15) is 0 Å². The van der Waals surface area contributed by atoms with Crippen molar-refractivity contribution < 1.29 is 13.2 Å². The van der Waals surface area contributed by atoms with Crippen LogP contribution < -0.4 is 10.6 Å². The summed E-state index contributed by atoms with van der Waals surface area (Å²) >= 11 is 0. The molecule has 1 aliphatic heterocycles. The molecule has 0 aromatic heterocycles. The van der Waals surface area contributed by atoms with Crippen molar-refractivity contribution in [3.8, 4) is 0 Å². The van der Waals surface area contributed by atoms with Crippen molar-refractivity contribution in [2.45, 2.75) is 46.1 Å². The first-order valence-electron chi connectivity index (χ1n) is 7.54. The van der Waals surface area contributed by atoms with Gasteiger partial charge in [-0.05, 0) is 44.7 Å². The Hall–Kier alpha value is -0.330. The summed E-state index contributed by atoms with van der Waals surface area (Å²) in [6, 6.07) is -0.316. The fraction of sp³-hybridized carbons (Fsp3) is 0.929. The molecule has 0 radical (unpaired) electrons. The highest BCUT2D eigenvalue weighted by Crippen LogP contribution is 2.22. The van der Waals surface area contributed by atoms with Gasteiger partial charge in [0.05, 0.1) is 5.75 Å². The Balaban J connectivity index is 0.00000400. The summed E-state index contributed by atoms with van der Waals surface area (Å²) in [7, 11) is -3.04. The van der Waals surface area contributed by atoms with Gasteiger partial charge in [-0.15, -0.1) is 12.4 Å². The lowest BCUT2D eigenvalue weighted by Crippen LogP contribution is -2.40. The van der Waals surface area contributed by atoms with Crippen LogP contribution in [0.1, 0.15) is 40.0 Å². The molecule has 7 heteroatoms. The van der Waals surface area contributed by atoms with Crippen molar-refractivity contribution >= 4 is 28.2 Å². The zero-order valence-corrected chi connectivity index (χ0v) is 14.9. The van der Waals surface area contributed by atoms with E-state index in [1.807, 2.05) is 0 Å². The largest absolute Gasteiger partial charge is 0.353 e. The highest BCUT2D eigenvalue weighted by Gasteiger charge is 2.23. The standard InChI is InChI=1S/C14H28N2O3S.ClH/c1-4-20(18,19)10-12(3)16-14(17)8-11(2)13-6-5-7-15-9-13;/h11-13,15H,4-10H2,1-3H3,(H,16,17);1H. The molecule has 2 N–H and O–H groups in total. The molecule has 21 heavy (non-hydrogen) atoms. The molecule has 126 valence electrons. The van der Waals surface area contributed by atoms with Crippen molar-refractivity contribution in [2.24, 2.45) is 11.8 Å². The Morgan fingerprint density at radius 2 is 2.05 bits per heavy atom. The smallest absolute Gasteiger partial charge is 0.220 e. The maximum Gasteiger partial charge on any atom is 0.220 e. The van der Waals surface area contributed by atoms with E-state index in [0.717, 1.165) is 13.1 Å². The van der Waals surface area contributed by atoms with E-state index in [1.54, 1.807) is 13.8 Å². The minimum absolute atomic E-state index is 0. The van der Waals surface area contributed by atoms with Gasteiger partial charge in [-0.1, -0.05) is 13.8 Å². The van der Waals surface area contributed by atoms with Crippen LogP contribution in [0.2, 0.25) is 0 Å². The lowest BCUT2D eigenvalue weighted by Gasteiger charge is -2.28. The van der Waals surface area contributed by atoms with E-state index in [1.165, 1.54) is 12.8 Å². The summed E-state index contributed by atoms with van der Waals surface area (Å²) in [5.74, 6) is 0.982. The monoisotopic (exact) mass is 340 g/mol. The number of sulfone groups is 1. The summed E-state index contributed by atoms with van der Waals surface area (Å²) in [5.41, 5.74) is 0. The van der Waals surface area contributed by atoms with Gasteiger partial charge in [-0.3, -0.25) is 4.79 Å². The van der Waals surface area contributed by atoms with E-state index >= 15 is 0 Å². The van der Waals surface area contributed by atoms with E-state index in [2.05, 4.69) is 17.6 Å². The average molecular weight is 341 g/mol. The van der Waals surface area contributed by atoms with Gasteiger partial charge in [0.15, 0.2) is 9.84 Å². The van der Waals surface area contributed by atoms with Crippen LogP contribution in [-0.2, 0) is 14.6 Å². The summed E-state index contributed by atoms with van der Waals surface area (Å²) in [4.78, 5) is 12.0. The SMILES string of the molecule is CCS(=O)(=O)CC(C)NC(=O)CC(C)C1CCCNC1.Cl. The fourth-order valence-electron chi connectivity index (χ4n) is 2.70. The first kappa shape index (κ1) is 20.7. The second-order valence-corrected chi connectivity index (χ2v) is 8.35. The molecule has 0 spiro atoms. The van der Waals surface area contributed by atoms with Gasteiger partial charge in [0.1, 0.15) is 0 Å². The second kappa shape index (κ2) is 9.64. The molecule has 3 unspecified atom stereocenters. The molecule has 0 aromatic carbocycles. The van der Waals surface area contributed by atoms with Crippen LogP contribution in [0.4, 0.5) is 0 Å². The predicted octanol–water partition coefficient (Wildman–Crippen LogP) is 1.37. The Kier molecular flexibility index (Phi) is 9.49. The van der Waals surface area contributed by atoms with Crippen LogP contribution in [0.5, 0.6) is 0 Å². The molecule has 3 atom stereocenters. The average Bonchev–Trinajstić information content (AvgIpc) is 2.38. The van der Waals surface area contributed by atoms with Gasteiger partial charge in [-0.25, -0.2) is 8.42 Å². The number of halogens is 1. The van der Waals surface area contributed by atoms with E-state index in [0.29, 0.717) is 18.3 Å². The highest BCUT2D eigenvalue weighted by atomic mass is 35.5. The van der Waals surface area contributed by atoms with Gasteiger partial charge >= 0.3 is 0 Å². The molecule has 0 aliphatic carbocycles. The number of hydrogen-bond donors (Lipinski definition) is 2. The minimum atomic E-state index is -3.04. The van der Waals surface area contributed by atoms with Crippen LogP contribution in [0.3, 0.4) is 0 Å². The molecule has 1 rings (SSSR count). The number of amides is 1. The van der Waals surface area contributed by atoms with E-state index < -0.39 is 9.84 Å². The van der Waals surface area contributed by atoms with Crippen molar-refractivity contribution in [3.63, 3.8) is 0 Å². The molecular weight excluding hydrogens is 312 g/mol. The van der Waals surface area contributed by atoms with Crippen LogP contribution in [0, 0.1) is 11.8 Å². The molecular formula is C14H29ClN2O3S. The number of piperidine rings is 1. The summed E-state index contributed by atoms with van der Waals surface area (Å²) in [5, 5.41) is 6.16.